The van der Waals surface area contributed by atoms with E-state index in [-0.39, 0.29) is 35.8 Å². The smallest absolute Gasteiger partial charge is 0.262 e. The number of carbonyl (C=O) groups excluding carboxylic acids is 2. The molecule has 10 nitrogen and oxygen atoms in total. The summed E-state index contributed by atoms with van der Waals surface area (Å²) in [6, 6.07) is 19.8. The molecular weight excluding hydrogens is 592 g/mol. The van der Waals surface area contributed by atoms with Crippen LogP contribution in [0.15, 0.2) is 78.0 Å². The Kier molecular flexibility index (Phi) is 8.61. The first kappa shape index (κ1) is 31.2. The lowest BCUT2D eigenvalue weighted by Crippen LogP contribution is -2.53. The molecule has 10 heteroatoms. The number of rotatable bonds is 6. The van der Waals surface area contributed by atoms with Gasteiger partial charge in [0.25, 0.3) is 11.5 Å². The maximum absolute atomic E-state index is 14.1. The summed E-state index contributed by atoms with van der Waals surface area (Å²) in [7, 11) is 1.85. The first-order valence-corrected chi connectivity index (χ1v) is 17.0. The number of aryl methyl sites for hydroxylation is 1. The van der Waals surface area contributed by atoms with Gasteiger partial charge in [-0.15, -0.1) is 0 Å². The zero-order valence-electron chi connectivity index (χ0n) is 27.1. The maximum Gasteiger partial charge on any atom is 0.262 e. The first-order valence-electron chi connectivity index (χ1n) is 17.0. The molecule has 3 aliphatic heterocycles. The molecule has 3 saturated heterocycles. The van der Waals surface area contributed by atoms with E-state index in [1.165, 1.54) is 30.2 Å². The van der Waals surface area contributed by atoms with Crippen molar-refractivity contribution in [2.45, 2.75) is 56.6 Å². The molecule has 1 N–H and O–H groups in total. The molecule has 2 amide bonds. The fourth-order valence-electron chi connectivity index (χ4n) is 7.79. The molecule has 7 rings (SSSR count). The summed E-state index contributed by atoms with van der Waals surface area (Å²) in [6.07, 6.45) is 8.24. The minimum absolute atomic E-state index is 0.0112. The summed E-state index contributed by atoms with van der Waals surface area (Å²) in [5.74, 6) is -0.309. The van der Waals surface area contributed by atoms with Crippen molar-refractivity contribution in [1.82, 2.24) is 23.9 Å². The standard InChI is InChI=1S/C37H44N6O4/c1-39-19-13-31-33(39)38-26-43(36(31)46)25-37(47)15-21-41(22-16-37)35(45)30-14-20-42(24-32(30)27-9-4-2-5-10-27)34(44)28-11-8-12-29(23-28)40-17-6-3-7-18-40/h2,4-5,8-13,19,23,26,30,32,47H,3,6-7,14-18,20-22,24-25H2,1H3/t30-,32+/m1/s1. The van der Waals surface area contributed by atoms with Gasteiger partial charge in [0.05, 0.1) is 17.5 Å². The van der Waals surface area contributed by atoms with Crippen LogP contribution in [-0.2, 0) is 18.4 Å². The van der Waals surface area contributed by atoms with Crippen molar-refractivity contribution in [1.29, 1.82) is 0 Å². The average Bonchev–Trinajstić information content (AvgIpc) is 3.50. The average molecular weight is 637 g/mol. The van der Waals surface area contributed by atoms with Crippen LogP contribution in [0.4, 0.5) is 5.69 Å². The van der Waals surface area contributed by atoms with E-state index in [0.29, 0.717) is 62.0 Å². The molecule has 0 unspecified atom stereocenters. The highest BCUT2D eigenvalue weighted by Crippen LogP contribution is 2.36. The molecule has 5 heterocycles. The second kappa shape index (κ2) is 13.0. The number of benzene rings is 2. The normalized spacial score (nSPS) is 21.6. The molecule has 0 aliphatic carbocycles. The number of piperidine rings is 3. The first-order chi connectivity index (χ1) is 22.8. The molecule has 0 radical (unpaired) electrons. The Morgan fingerprint density at radius 1 is 0.915 bits per heavy atom. The van der Waals surface area contributed by atoms with E-state index in [1.54, 1.807) is 16.8 Å². The number of carbonyl (C=O) groups is 2. The van der Waals surface area contributed by atoms with Crippen molar-refractivity contribution in [2.24, 2.45) is 13.0 Å². The van der Waals surface area contributed by atoms with Gasteiger partial charge < -0.3 is 24.4 Å². The molecule has 47 heavy (non-hydrogen) atoms. The number of hydrogen-bond acceptors (Lipinski definition) is 6. The number of likely N-dealkylation sites (tertiary alicyclic amines) is 2. The molecule has 2 aromatic carbocycles. The minimum atomic E-state index is -1.11. The van der Waals surface area contributed by atoms with Crippen LogP contribution in [-0.4, -0.2) is 85.7 Å². The maximum atomic E-state index is 14.1. The Hall–Kier alpha value is -4.44. The second-order valence-corrected chi connectivity index (χ2v) is 13.7. The topological polar surface area (TPSA) is 104 Å². The van der Waals surface area contributed by atoms with Gasteiger partial charge in [-0.2, -0.15) is 0 Å². The predicted molar refractivity (Wildman–Crippen MR) is 181 cm³/mol. The van der Waals surface area contributed by atoms with Gasteiger partial charge in [-0.1, -0.05) is 36.4 Å². The van der Waals surface area contributed by atoms with Crippen molar-refractivity contribution >= 4 is 28.5 Å². The van der Waals surface area contributed by atoms with E-state index in [9.17, 15) is 19.5 Å². The highest BCUT2D eigenvalue weighted by atomic mass is 16.3. The summed E-state index contributed by atoms with van der Waals surface area (Å²) in [5.41, 5.74) is 2.19. The van der Waals surface area contributed by atoms with Crippen LogP contribution in [0.5, 0.6) is 0 Å². The SMILES string of the molecule is Cn1ccc2c(=O)n(CC3(O)CCN(C(=O)[C@@H]4CCN(C(=O)c5cccc(N6CCCCC6)c5)C[C@H]4c4ccccc4)CC3)cnc21. The van der Waals surface area contributed by atoms with E-state index in [2.05, 4.69) is 28.1 Å². The zero-order chi connectivity index (χ0) is 32.5. The van der Waals surface area contributed by atoms with Gasteiger partial charge in [0.1, 0.15) is 12.0 Å². The number of hydrogen-bond donors (Lipinski definition) is 1. The summed E-state index contributed by atoms with van der Waals surface area (Å²) < 4.78 is 3.29. The molecule has 0 bridgehead atoms. The van der Waals surface area contributed by atoms with Gasteiger partial charge in [0, 0.05) is 75.6 Å². The number of nitrogens with zero attached hydrogens (tertiary/aromatic N) is 6. The number of aliphatic hydroxyl groups is 1. The highest BCUT2D eigenvalue weighted by molar-refractivity contribution is 5.95. The molecule has 2 atom stereocenters. The molecule has 3 aliphatic rings. The lowest BCUT2D eigenvalue weighted by Gasteiger charge is -2.43. The minimum Gasteiger partial charge on any atom is -0.388 e. The van der Waals surface area contributed by atoms with Crippen molar-refractivity contribution in [3.8, 4) is 0 Å². The summed E-state index contributed by atoms with van der Waals surface area (Å²) in [6.45, 7) is 4.00. The van der Waals surface area contributed by atoms with Gasteiger partial charge >= 0.3 is 0 Å². The number of amides is 2. The van der Waals surface area contributed by atoms with Crippen LogP contribution in [0.2, 0.25) is 0 Å². The Morgan fingerprint density at radius 3 is 2.45 bits per heavy atom. The zero-order valence-corrected chi connectivity index (χ0v) is 27.1. The predicted octanol–water partition coefficient (Wildman–Crippen LogP) is 4.02. The molecule has 2 aromatic heterocycles. The van der Waals surface area contributed by atoms with E-state index < -0.39 is 5.60 Å². The molecule has 3 fully saturated rings. The Balaban J connectivity index is 1.04. The molecular formula is C37H44N6O4. The monoisotopic (exact) mass is 636 g/mol. The van der Waals surface area contributed by atoms with Gasteiger partial charge in [0.15, 0.2) is 0 Å². The fourth-order valence-corrected chi connectivity index (χ4v) is 7.79. The van der Waals surface area contributed by atoms with Crippen LogP contribution in [0.1, 0.15) is 60.4 Å². The van der Waals surface area contributed by atoms with Crippen LogP contribution < -0.4 is 10.5 Å². The Morgan fingerprint density at radius 2 is 1.68 bits per heavy atom. The highest BCUT2D eigenvalue weighted by Gasteiger charge is 2.41. The number of aromatic nitrogens is 3. The van der Waals surface area contributed by atoms with E-state index in [1.807, 2.05) is 53.2 Å². The quantitative estimate of drug-likeness (QED) is 0.343. The van der Waals surface area contributed by atoms with Crippen molar-refractivity contribution in [3.05, 3.63) is 94.7 Å². The van der Waals surface area contributed by atoms with E-state index in [0.717, 1.165) is 24.3 Å². The summed E-state index contributed by atoms with van der Waals surface area (Å²) in [5, 5.41) is 12.0. The van der Waals surface area contributed by atoms with Crippen molar-refractivity contribution in [3.63, 3.8) is 0 Å². The lowest BCUT2D eigenvalue weighted by atomic mass is 9.79. The van der Waals surface area contributed by atoms with Gasteiger partial charge in [-0.05, 0) is 68.4 Å². The van der Waals surface area contributed by atoms with Crippen LogP contribution >= 0.6 is 0 Å². The summed E-state index contributed by atoms with van der Waals surface area (Å²) in [4.78, 5) is 51.7. The van der Waals surface area contributed by atoms with Gasteiger partial charge in [0.2, 0.25) is 5.91 Å². The summed E-state index contributed by atoms with van der Waals surface area (Å²) >= 11 is 0. The Bertz CT molecular complexity index is 1800. The van der Waals surface area contributed by atoms with Gasteiger partial charge in [-0.3, -0.25) is 19.0 Å². The largest absolute Gasteiger partial charge is 0.388 e. The molecule has 0 saturated carbocycles. The van der Waals surface area contributed by atoms with E-state index in [4.69, 9.17) is 0 Å². The molecule has 246 valence electrons. The van der Waals surface area contributed by atoms with Crippen LogP contribution in [0.25, 0.3) is 11.0 Å². The van der Waals surface area contributed by atoms with Crippen LogP contribution in [0.3, 0.4) is 0 Å². The third-order valence-corrected chi connectivity index (χ3v) is 10.6. The lowest BCUT2D eigenvalue weighted by molar-refractivity contribution is -0.142. The number of anilines is 1. The molecule has 0 spiro atoms. The van der Waals surface area contributed by atoms with Crippen molar-refractivity contribution < 1.29 is 14.7 Å². The second-order valence-electron chi connectivity index (χ2n) is 13.7. The van der Waals surface area contributed by atoms with Crippen molar-refractivity contribution in [2.75, 3.05) is 44.2 Å². The van der Waals surface area contributed by atoms with Crippen LogP contribution in [0, 0.1) is 5.92 Å². The molecule has 4 aromatic rings. The van der Waals surface area contributed by atoms with E-state index >= 15 is 0 Å². The van der Waals surface area contributed by atoms with Gasteiger partial charge in [-0.25, -0.2) is 4.98 Å². The Labute approximate surface area is 275 Å². The third-order valence-electron chi connectivity index (χ3n) is 10.6. The number of fused-ring (bicyclic) bond motifs is 1. The fraction of sp³-hybridized carbons (Fsp3) is 0.459. The third kappa shape index (κ3) is 6.31.